The minimum absolute atomic E-state index is 0.147. The zero-order chi connectivity index (χ0) is 13.8. The van der Waals surface area contributed by atoms with Crippen LogP contribution in [0.15, 0.2) is 42.7 Å². The third-order valence-corrected chi connectivity index (χ3v) is 2.79. The molecular weight excluding hydrogens is 238 g/mol. The van der Waals surface area contributed by atoms with Crippen LogP contribution in [-0.4, -0.2) is 17.9 Å². The summed E-state index contributed by atoms with van der Waals surface area (Å²) in [5.74, 6) is -0.147. The van der Waals surface area contributed by atoms with Crippen LogP contribution in [0.4, 0.5) is 5.69 Å². The number of nitrogens with zero attached hydrogens (tertiary/aromatic N) is 3. The van der Waals surface area contributed by atoms with Crippen molar-refractivity contribution in [3.8, 4) is 6.07 Å². The largest absolute Gasteiger partial charge is 0.311 e. The fourth-order valence-corrected chi connectivity index (χ4v) is 1.77. The van der Waals surface area contributed by atoms with E-state index < -0.39 is 0 Å². The van der Waals surface area contributed by atoms with Gasteiger partial charge in [0, 0.05) is 25.1 Å². The number of benzene rings is 1. The van der Waals surface area contributed by atoms with Crippen LogP contribution >= 0.6 is 0 Å². The molecule has 0 unspecified atom stereocenters. The van der Waals surface area contributed by atoms with Crippen LogP contribution in [0.3, 0.4) is 0 Å². The van der Waals surface area contributed by atoms with E-state index >= 15 is 0 Å². The topological polar surface area (TPSA) is 57.0 Å². The molecule has 0 saturated heterocycles. The molecule has 94 valence electrons. The van der Waals surface area contributed by atoms with Gasteiger partial charge in [-0.25, -0.2) is 0 Å². The molecule has 1 aromatic carbocycles. The van der Waals surface area contributed by atoms with Gasteiger partial charge in [-0.1, -0.05) is 6.07 Å². The Labute approximate surface area is 111 Å². The number of anilines is 1. The normalized spacial score (nSPS) is 9.74. The Hall–Kier alpha value is -2.67. The fraction of sp³-hybridized carbons (Fsp3) is 0.133. The third kappa shape index (κ3) is 2.78. The number of carbonyl (C=O) groups is 1. The average molecular weight is 251 g/mol. The lowest BCUT2D eigenvalue weighted by Crippen LogP contribution is -2.26. The second kappa shape index (κ2) is 5.32. The van der Waals surface area contributed by atoms with Gasteiger partial charge in [-0.15, -0.1) is 0 Å². The van der Waals surface area contributed by atoms with E-state index in [0.717, 1.165) is 5.56 Å². The molecule has 0 aliphatic rings. The lowest BCUT2D eigenvalue weighted by molar-refractivity contribution is 0.0992. The van der Waals surface area contributed by atoms with E-state index in [2.05, 4.69) is 11.1 Å². The van der Waals surface area contributed by atoms with E-state index in [0.29, 0.717) is 16.8 Å². The highest BCUT2D eigenvalue weighted by atomic mass is 16.2. The fourth-order valence-electron chi connectivity index (χ4n) is 1.77. The molecule has 0 bridgehead atoms. The molecule has 4 nitrogen and oxygen atoms in total. The predicted molar refractivity (Wildman–Crippen MR) is 72.9 cm³/mol. The summed E-state index contributed by atoms with van der Waals surface area (Å²) in [6, 6.07) is 10.8. The number of rotatable bonds is 2. The summed E-state index contributed by atoms with van der Waals surface area (Å²) in [6.45, 7) is 1.89. The van der Waals surface area contributed by atoms with Crippen molar-refractivity contribution in [2.24, 2.45) is 0 Å². The molecule has 2 aromatic rings. The first kappa shape index (κ1) is 12.8. The molecule has 0 atom stereocenters. The molecule has 0 fully saturated rings. The van der Waals surface area contributed by atoms with E-state index in [1.165, 1.54) is 4.90 Å². The summed E-state index contributed by atoms with van der Waals surface area (Å²) in [6.07, 6.45) is 3.24. The smallest absolute Gasteiger partial charge is 0.259 e. The Balaban J connectivity index is 2.31. The molecule has 1 amide bonds. The zero-order valence-electron chi connectivity index (χ0n) is 10.8. The molecular formula is C15H13N3O. The van der Waals surface area contributed by atoms with Crippen molar-refractivity contribution in [2.45, 2.75) is 6.92 Å². The van der Waals surface area contributed by atoms with Crippen LogP contribution in [0.5, 0.6) is 0 Å². The molecule has 0 saturated carbocycles. The van der Waals surface area contributed by atoms with E-state index in [1.807, 2.05) is 6.92 Å². The highest BCUT2D eigenvalue weighted by molar-refractivity contribution is 6.05. The SMILES string of the molecule is Cc1cncc(C(=O)N(C)c2cccc(C#N)c2)c1. The minimum Gasteiger partial charge on any atom is -0.311 e. The van der Waals surface area contributed by atoms with E-state index in [9.17, 15) is 4.79 Å². The molecule has 0 radical (unpaired) electrons. The van der Waals surface area contributed by atoms with Gasteiger partial charge in [0.1, 0.15) is 0 Å². The van der Waals surface area contributed by atoms with Crippen LogP contribution < -0.4 is 4.90 Å². The van der Waals surface area contributed by atoms with Crippen LogP contribution in [0.2, 0.25) is 0 Å². The van der Waals surface area contributed by atoms with Gasteiger partial charge in [0.15, 0.2) is 0 Å². The molecule has 0 aliphatic heterocycles. The van der Waals surface area contributed by atoms with Crippen molar-refractivity contribution in [3.63, 3.8) is 0 Å². The lowest BCUT2D eigenvalue weighted by atomic mass is 10.1. The van der Waals surface area contributed by atoms with E-state index in [-0.39, 0.29) is 5.91 Å². The van der Waals surface area contributed by atoms with Gasteiger partial charge in [0.25, 0.3) is 5.91 Å². The first-order valence-electron chi connectivity index (χ1n) is 5.81. The first-order chi connectivity index (χ1) is 9.11. The van der Waals surface area contributed by atoms with Crippen LogP contribution in [0.25, 0.3) is 0 Å². The summed E-state index contributed by atoms with van der Waals surface area (Å²) in [7, 11) is 1.68. The maximum atomic E-state index is 12.3. The second-order valence-corrected chi connectivity index (χ2v) is 4.28. The maximum Gasteiger partial charge on any atom is 0.259 e. The maximum absolute atomic E-state index is 12.3. The average Bonchev–Trinajstić information content (AvgIpc) is 2.45. The number of nitriles is 1. The van der Waals surface area contributed by atoms with Crippen molar-refractivity contribution in [1.29, 1.82) is 5.26 Å². The first-order valence-corrected chi connectivity index (χ1v) is 5.81. The van der Waals surface area contributed by atoms with Gasteiger partial charge in [-0.2, -0.15) is 5.26 Å². The number of aryl methyl sites for hydroxylation is 1. The standard InChI is InChI=1S/C15H13N3O/c1-11-6-13(10-17-9-11)15(19)18(2)14-5-3-4-12(7-14)8-16/h3-7,9-10H,1-2H3. The van der Waals surface area contributed by atoms with Crippen molar-refractivity contribution < 1.29 is 4.79 Å². The molecule has 0 spiro atoms. The minimum atomic E-state index is -0.147. The van der Waals surface area contributed by atoms with Crippen molar-refractivity contribution in [3.05, 3.63) is 59.4 Å². The molecule has 19 heavy (non-hydrogen) atoms. The Morgan fingerprint density at radius 3 is 2.79 bits per heavy atom. The summed E-state index contributed by atoms with van der Waals surface area (Å²) in [5.41, 5.74) is 2.68. The number of amides is 1. The number of hydrogen-bond donors (Lipinski definition) is 0. The molecule has 2 rings (SSSR count). The molecule has 1 aromatic heterocycles. The van der Waals surface area contributed by atoms with Gasteiger partial charge in [-0.3, -0.25) is 9.78 Å². The van der Waals surface area contributed by atoms with E-state index in [1.54, 1.807) is 49.8 Å². The molecule has 0 N–H and O–H groups in total. The second-order valence-electron chi connectivity index (χ2n) is 4.28. The summed E-state index contributed by atoms with van der Waals surface area (Å²) >= 11 is 0. The van der Waals surface area contributed by atoms with Crippen LogP contribution in [-0.2, 0) is 0 Å². The summed E-state index contributed by atoms with van der Waals surface area (Å²) in [5, 5.41) is 8.87. The zero-order valence-corrected chi connectivity index (χ0v) is 10.8. The van der Waals surface area contributed by atoms with Gasteiger partial charge >= 0.3 is 0 Å². The Morgan fingerprint density at radius 1 is 1.32 bits per heavy atom. The lowest BCUT2D eigenvalue weighted by Gasteiger charge is -2.17. The summed E-state index contributed by atoms with van der Waals surface area (Å²) in [4.78, 5) is 17.8. The van der Waals surface area contributed by atoms with Crippen molar-refractivity contribution in [2.75, 3.05) is 11.9 Å². The van der Waals surface area contributed by atoms with Crippen LogP contribution in [0, 0.1) is 18.3 Å². The number of carbonyl (C=O) groups excluding carboxylic acids is 1. The molecule has 1 heterocycles. The summed E-state index contributed by atoms with van der Waals surface area (Å²) < 4.78 is 0. The molecule has 4 heteroatoms. The van der Waals surface area contributed by atoms with Gasteiger partial charge in [-0.05, 0) is 36.8 Å². The highest BCUT2D eigenvalue weighted by Crippen LogP contribution is 2.17. The number of pyridine rings is 1. The van der Waals surface area contributed by atoms with E-state index in [4.69, 9.17) is 5.26 Å². The monoisotopic (exact) mass is 251 g/mol. The predicted octanol–water partition coefficient (Wildman–Crippen LogP) is 2.54. The Kier molecular flexibility index (Phi) is 3.58. The quantitative estimate of drug-likeness (QED) is 0.824. The molecule has 0 aliphatic carbocycles. The highest BCUT2D eigenvalue weighted by Gasteiger charge is 2.14. The van der Waals surface area contributed by atoms with Crippen LogP contribution in [0.1, 0.15) is 21.5 Å². The van der Waals surface area contributed by atoms with Crippen molar-refractivity contribution >= 4 is 11.6 Å². The van der Waals surface area contributed by atoms with Gasteiger partial charge < -0.3 is 4.90 Å². The van der Waals surface area contributed by atoms with Crippen molar-refractivity contribution in [1.82, 2.24) is 4.98 Å². The Bertz CT molecular complexity index is 658. The number of aromatic nitrogens is 1. The van der Waals surface area contributed by atoms with Gasteiger partial charge in [0.2, 0.25) is 0 Å². The Morgan fingerprint density at radius 2 is 2.11 bits per heavy atom. The number of hydrogen-bond acceptors (Lipinski definition) is 3. The third-order valence-electron chi connectivity index (χ3n) is 2.79. The van der Waals surface area contributed by atoms with Gasteiger partial charge in [0.05, 0.1) is 17.2 Å².